The zero-order valence-corrected chi connectivity index (χ0v) is 62.2. The maximum Gasteiger partial charge on any atom is 0.186 e. The normalized spacial score (nSPS) is 14.3. The van der Waals surface area contributed by atoms with Crippen molar-refractivity contribution in [2.24, 2.45) is 17.8 Å². The molecule has 15 rings (SSSR count). The van der Waals surface area contributed by atoms with E-state index in [4.69, 9.17) is 0 Å². The Morgan fingerprint density at radius 2 is 0.840 bits per heavy atom. The Balaban J connectivity index is 0.000000134. The van der Waals surface area contributed by atoms with Gasteiger partial charge in [0.15, 0.2) is 43.2 Å². The van der Waals surface area contributed by atoms with Crippen LogP contribution in [0.1, 0.15) is 178 Å². The first-order valence-corrected chi connectivity index (χ1v) is 38.7. The average molecular weight is 1470 g/mol. The van der Waals surface area contributed by atoms with Crippen LogP contribution in [-0.4, -0.2) is 111 Å². The molecule has 4 N–H and O–H groups in total. The fourth-order valence-electron chi connectivity index (χ4n) is 13.9. The standard InChI is InChI=1S/2C25H30N6OS.C19H21BrN2OS.C6H10N4/c2*1-3-4-7-18(12-19-14-26-21-9-6-5-8-20(19)21)13-22(32)23-15-27-25(33-23)30-10-11-31-17(2)28-29-24(31)16-30;1-2-3-6-13(10-17(23)18-12-22-19(20)24-18)9-14-11-21-16-8-5-4-7-15(14)16;1-5-8-9-6-4-7-2-3-10(5)6/h2*5-6,8-9,14-15,18,26H,3-4,7,10-13,16H2,1-2H3;4-5,7-8,11-13,21H,2-3,6,9-10H2,1H3;7H,2-4H2,1H3. The summed E-state index contributed by atoms with van der Waals surface area (Å²) in [5, 5.41) is 33.7. The predicted molar refractivity (Wildman–Crippen MR) is 404 cm³/mol. The molecule has 0 bridgehead atoms. The third-order valence-corrected chi connectivity index (χ3v) is 23.1. The number of carbonyl (C=O) groups is 3. The van der Waals surface area contributed by atoms with Crippen LogP contribution in [0, 0.1) is 38.5 Å². The number of hydrogen-bond donors (Lipinski definition) is 4. The first-order chi connectivity index (χ1) is 48.8. The topological polar surface area (TPSA) is 248 Å². The van der Waals surface area contributed by atoms with Crippen LogP contribution in [0.3, 0.4) is 0 Å². The molecule has 0 fully saturated rings. The number of halogens is 1. The SMILES string of the molecule is CCCCC(CC(=O)c1cnc(Br)s1)Cc1c[nH]c2ccccc12.CCCCC(CC(=O)c1cnc(N2CCn3c(C)nnc3C2)s1)Cc1c[nH]c2ccccc12.CCCCC(CC(=O)c1cnc(N2CCn3c(C)nnc3C2)s1)Cc1c[nH]c2ccccc12.Cc1nnc2n1CCNC2. The van der Waals surface area contributed by atoms with Gasteiger partial charge in [0.25, 0.3) is 0 Å². The molecule has 524 valence electrons. The van der Waals surface area contributed by atoms with Crippen molar-refractivity contribution in [1.29, 1.82) is 0 Å². The molecule has 0 saturated heterocycles. The second-order valence-corrected chi connectivity index (χ2v) is 30.9. The van der Waals surface area contributed by atoms with Gasteiger partial charge in [0.1, 0.15) is 23.3 Å². The van der Waals surface area contributed by atoms with E-state index in [1.165, 1.54) is 72.4 Å². The summed E-state index contributed by atoms with van der Waals surface area (Å²) in [6.45, 7) is 20.2. The van der Waals surface area contributed by atoms with E-state index < -0.39 is 0 Å². The fourth-order valence-corrected chi connectivity index (χ4v) is 16.9. The number of anilines is 2. The van der Waals surface area contributed by atoms with E-state index in [1.54, 1.807) is 18.6 Å². The second kappa shape index (κ2) is 34.3. The van der Waals surface area contributed by atoms with Gasteiger partial charge in [-0.05, 0) is 128 Å². The minimum Gasteiger partial charge on any atom is -0.361 e. The van der Waals surface area contributed by atoms with Crippen molar-refractivity contribution < 1.29 is 14.4 Å². The molecule has 100 heavy (non-hydrogen) atoms. The Kier molecular flexibility index (Phi) is 24.5. The van der Waals surface area contributed by atoms with Gasteiger partial charge < -0.3 is 43.8 Å². The van der Waals surface area contributed by atoms with Gasteiger partial charge in [-0.3, -0.25) is 14.4 Å². The van der Waals surface area contributed by atoms with Crippen molar-refractivity contribution in [2.45, 2.75) is 177 Å². The largest absolute Gasteiger partial charge is 0.361 e. The lowest BCUT2D eigenvalue weighted by Crippen LogP contribution is -2.34. The van der Waals surface area contributed by atoms with E-state index in [0.29, 0.717) is 50.1 Å². The molecule has 3 unspecified atom stereocenters. The monoisotopic (exact) mass is 1470 g/mol. The predicted octanol–water partition coefficient (Wildman–Crippen LogP) is 16.0. The van der Waals surface area contributed by atoms with E-state index in [2.05, 4.69) is 211 Å². The number of hydrogen-bond acceptors (Lipinski definition) is 18. The zero-order chi connectivity index (χ0) is 69.5. The summed E-state index contributed by atoms with van der Waals surface area (Å²) in [6, 6.07) is 25.2. The lowest BCUT2D eigenvalue weighted by molar-refractivity contribution is 0.0953. The lowest BCUT2D eigenvalue weighted by Gasteiger charge is -2.27. The summed E-state index contributed by atoms with van der Waals surface area (Å²) in [4.78, 5) is 69.1. The maximum atomic E-state index is 13.2. The van der Waals surface area contributed by atoms with Crippen LogP contribution in [0.25, 0.3) is 32.7 Å². The maximum absolute atomic E-state index is 13.2. The molecule has 12 heterocycles. The van der Waals surface area contributed by atoms with Gasteiger partial charge >= 0.3 is 0 Å². The van der Waals surface area contributed by atoms with Gasteiger partial charge in [0.05, 0.1) is 52.9 Å². The fraction of sp³-hybridized carbons (Fsp3) is 0.440. The number of aromatic nitrogens is 15. The molecule has 0 radical (unpaired) electrons. The Hall–Kier alpha value is -8.36. The molecule has 9 aromatic heterocycles. The van der Waals surface area contributed by atoms with Gasteiger partial charge in [-0.1, -0.05) is 137 Å². The molecule has 0 amide bonds. The molecule has 0 aliphatic carbocycles. The number of rotatable bonds is 26. The Bertz CT molecular complexity index is 4460. The summed E-state index contributed by atoms with van der Waals surface area (Å²) in [5.41, 5.74) is 7.40. The average Bonchev–Trinajstić information content (AvgIpc) is 1.68. The van der Waals surface area contributed by atoms with E-state index >= 15 is 0 Å². The van der Waals surface area contributed by atoms with E-state index in [0.717, 1.165) is 198 Å². The number of nitrogens with zero attached hydrogens (tertiary/aromatic N) is 14. The van der Waals surface area contributed by atoms with Gasteiger partial charge in [-0.15, -0.1) is 41.9 Å². The molecule has 0 saturated carbocycles. The molecule has 21 nitrogen and oxygen atoms in total. The first-order valence-electron chi connectivity index (χ1n) is 35.4. The number of aromatic amines is 3. The van der Waals surface area contributed by atoms with Gasteiger partial charge in [-0.2, -0.15) is 0 Å². The van der Waals surface area contributed by atoms with Crippen molar-refractivity contribution in [1.82, 2.24) is 79.5 Å². The molecule has 3 aromatic carbocycles. The van der Waals surface area contributed by atoms with E-state index in [9.17, 15) is 14.4 Å². The first kappa shape index (κ1) is 71.5. The third-order valence-electron chi connectivity index (χ3n) is 19.4. The van der Waals surface area contributed by atoms with Crippen LogP contribution in [0.5, 0.6) is 0 Å². The van der Waals surface area contributed by atoms with Crippen molar-refractivity contribution in [3.05, 3.63) is 180 Å². The van der Waals surface area contributed by atoms with Crippen molar-refractivity contribution >= 4 is 110 Å². The highest BCUT2D eigenvalue weighted by Gasteiger charge is 2.28. The Morgan fingerprint density at radius 3 is 1.22 bits per heavy atom. The molecule has 3 atom stereocenters. The Labute approximate surface area is 604 Å². The highest BCUT2D eigenvalue weighted by molar-refractivity contribution is 9.11. The number of H-pyrrole nitrogens is 3. The molecule has 12 aromatic rings. The molecule has 3 aliphatic heterocycles. The quantitative estimate of drug-likeness (QED) is 0.0368. The van der Waals surface area contributed by atoms with Crippen molar-refractivity contribution in [2.75, 3.05) is 29.4 Å². The number of carbonyl (C=O) groups excluding carboxylic acids is 3. The summed E-state index contributed by atoms with van der Waals surface area (Å²) >= 11 is 7.77. The van der Waals surface area contributed by atoms with Crippen LogP contribution < -0.4 is 15.1 Å². The summed E-state index contributed by atoms with van der Waals surface area (Å²) in [7, 11) is 0. The molecule has 3 aliphatic rings. The molecular weight excluding hydrogens is 1380 g/mol. The molecule has 25 heteroatoms. The van der Waals surface area contributed by atoms with Crippen LogP contribution in [0.15, 0.2) is 114 Å². The van der Waals surface area contributed by atoms with Crippen LogP contribution in [0.2, 0.25) is 0 Å². The number of fused-ring (bicyclic) bond motifs is 6. The number of nitrogens with one attached hydrogen (secondary N) is 4. The number of unbranched alkanes of at least 4 members (excludes halogenated alkanes) is 3. The summed E-state index contributed by atoms with van der Waals surface area (Å²) in [5.74, 6) is 7.56. The Morgan fingerprint density at radius 1 is 0.470 bits per heavy atom. The number of ketones is 3. The van der Waals surface area contributed by atoms with Gasteiger partial charge in [0, 0.05) is 110 Å². The van der Waals surface area contributed by atoms with Crippen molar-refractivity contribution in [3.63, 3.8) is 0 Å². The molecule has 0 spiro atoms. The highest BCUT2D eigenvalue weighted by atomic mass is 79.9. The lowest BCUT2D eigenvalue weighted by atomic mass is 9.89. The highest BCUT2D eigenvalue weighted by Crippen LogP contribution is 2.34. The number of thiazole rings is 3. The van der Waals surface area contributed by atoms with Crippen LogP contribution >= 0.6 is 49.9 Å². The zero-order valence-electron chi connectivity index (χ0n) is 58.2. The van der Waals surface area contributed by atoms with E-state index in [-0.39, 0.29) is 17.3 Å². The second-order valence-electron chi connectivity index (χ2n) is 26.6. The number of Topliss-reactive ketones (excluding diaryl/α,β-unsaturated/α-hetero) is 3. The van der Waals surface area contributed by atoms with Gasteiger partial charge in [-0.25, -0.2) is 15.0 Å². The number of aryl methyl sites for hydroxylation is 3. The van der Waals surface area contributed by atoms with Crippen LogP contribution in [-0.2, 0) is 58.5 Å². The number of benzene rings is 3. The molecular formula is C75H91BrN18O3S3. The van der Waals surface area contributed by atoms with E-state index in [1.807, 2.05) is 26.8 Å². The minimum absolute atomic E-state index is 0.204. The van der Waals surface area contributed by atoms with Crippen LogP contribution in [0.4, 0.5) is 10.3 Å². The smallest absolute Gasteiger partial charge is 0.186 e. The number of para-hydroxylation sites is 3. The summed E-state index contributed by atoms with van der Waals surface area (Å²) < 4.78 is 7.22. The minimum atomic E-state index is 0.204. The third kappa shape index (κ3) is 17.8. The van der Waals surface area contributed by atoms with Gasteiger partial charge in [0.2, 0.25) is 0 Å². The van der Waals surface area contributed by atoms with Crippen molar-refractivity contribution in [3.8, 4) is 0 Å². The summed E-state index contributed by atoms with van der Waals surface area (Å²) in [6.07, 6.45) is 26.1.